The molecule has 1 atom stereocenters. The van der Waals surface area contributed by atoms with Gasteiger partial charge in [0.25, 0.3) is 0 Å². The van der Waals surface area contributed by atoms with Crippen LogP contribution >= 0.6 is 11.6 Å². The maximum Gasteiger partial charge on any atom is 0.160 e. The molecule has 0 saturated carbocycles. The number of allylic oxidation sites excluding steroid dienone is 1. The summed E-state index contributed by atoms with van der Waals surface area (Å²) in [5, 5.41) is 5.93. The fraction of sp³-hybridized carbons (Fsp3) is 0.484. The second-order valence-electron chi connectivity index (χ2n) is 11.0. The summed E-state index contributed by atoms with van der Waals surface area (Å²) in [4.78, 5) is 12.2. The number of halogens is 1. The summed E-state index contributed by atoms with van der Waals surface area (Å²) >= 11 is 6.49. The first-order valence-corrected chi connectivity index (χ1v) is 14.5. The summed E-state index contributed by atoms with van der Waals surface area (Å²) in [6.07, 6.45) is 7.57. The van der Waals surface area contributed by atoms with Crippen LogP contribution in [0.1, 0.15) is 75.2 Å². The number of aromatic nitrogens is 3. The molecule has 0 radical (unpaired) electrons. The number of likely N-dealkylation sites (tertiary alicyclic amines) is 1. The van der Waals surface area contributed by atoms with Crippen LogP contribution in [-0.4, -0.2) is 52.7 Å². The third-order valence-corrected chi connectivity index (χ3v) is 8.17. The highest BCUT2D eigenvalue weighted by molar-refractivity contribution is 6.30. The number of rotatable bonds is 10. The predicted octanol–water partition coefficient (Wildman–Crippen LogP) is 7.15. The number of anilines is 2. The van der Waals surface area contributed by atoms with Gasteiger partial charge in [0, 0.05) is 61.6 Å². The maximum absolute atomic E-state index is 6.49. The summed E-state index contributed by atoms with van der Waals surface area (Å²) in [6.45, 7) is 17.1. The third kappa shape index (κ3) is 5.42. The minimum atomic E-state index is 0.155. The Labute approximate surface area is 232 Å². The molecular weight excluding hydrogens is 492 g/mol. The quantitative estimate of drug-likeness (QED) is 0.259. The first-order valence-electron chi connectivity index (χ1n) is 14.1. The van der Waals surface area contributed by atoms with Crippen molar-refractivity contribution in [1.82, 2.24) is 19.5 Å². The molecule has 2 aromatic heterocycles. The molecule has 5 rings (SSSR count). The average molecular weight is 533 g/mol. The number of piperidine rings is 1. The Hall–Kier alpha value is -2.99. The zero-order valence-electron chi connectivity index (χ0n) is 23.2. The van der Waals surface area contributed by atoms with Crippen LogP contribution in [0.2, 0.25) is 5.02 Å². The first-order chi connectivity index (χ1) is 18.4. The van der Waals surface area contributed by atoms with Gasteiger partial charge in [-0.1, -0.05) is 36.7 Å². The number of fused-ring (bicyclic) bond motifs is 1. The molecule has 202 valence electrons. The van der Waals surface area contributed by atoms with Crippen LogP contribution in [0.3, 0.4) is 0 Å². The zero-order chi connectivity index (χ0) is 26.8. The van der Waals surface area contributed by atoms with E-state index >= 15 is 0 Å². The number of aryl methyl sites for hydroxylation is 1. The van der Waals surface area contributed by atoms with E-state index in [1.54, 1.807) is 0 Å². The van der Waals surface area contributed by atoms with Crippen LogP contribution in [0, 0.1) is 0 Å². The Morgan fingerprint density at radius 2 is 1.92 bits per heavy atom. The highest BCUT2D eigenvalue weighted by Gasteiger charge is 2.30. The first kappa shape index (κ1) is 26.6. The smallest absolute Gasteiger partial charge is 0.160 e. The Balaban J connectivity index is 1.51. The lowest BCUT2D eigenvalue weighted by Gasteiger charge is -2.38. The van der Waals surface area contributed by atoms with Crippen molar-refractivity contribution in [3.63, 3.8) is 0 Å². The van der Waals surface area contributed by atoms with Crippen LogP contribution in [-0.2, 0) is 6.42 Å². The Kier molecular flexibility index (Phi) is 7.98. The highest BCUT2D eigenvalue weighted by atomic mass is 35.5. The van der Waals surface area contributed by atoms with E-state index in [1.165, 1.54) is 24.0 Å². The van der Waals surface area contributed by atoms with Crippen LogP contribution in [0.15, 0.2) is 49.1 Å². The van der Waals surface area contributed by atoms with Crippen molar-refractivity contribution in [2.75, 3.05) is 43.0 Å². The second-order valence-corrected chi connectivity index (χ2v) is 11.4. The van der Waals surface area contributed by atoms with Gasteiger partial charge in [-0.05, 0) is 69.6 Å². The molecular formula is C31H41ClN6. The van der Waals surface area contributed by atoms with E-state index in [-0.39, 0.29) is 6.04 Å². The lowest BCUT2D eigenvalue weighted by Crippen LogP contribution is -2.38. The third-order valence-electron chi connectivity index (χ3n) is 7.94. The van der Waals surface area contributed by atoms with Gasteiger partial charge >= 0.3 is 0 Å². The Bertz CT molecular complexity index is 1320. The number of hydrogen-bond acceptors (Lipinski definition) is 5. The largest absolute Gasteiger partial charge is 0.363 e. The van der Waals surface area contributed by atoms with E-state index in [4.69, 9.17) is 21.7 Å². The summed E-state index contributed by atoms with van der Waals surface area (Å²) in [7, 11) is 2.15. The van der Waals surface area contributed by atoms with Crippen molar-refractivity contribution in [3.05, 3.63) is 70.9 Å². The van der Waals surface area contributed by atoms with Crippen LogP contribution in [0.4, 0.5) is 11.6 Å². The summed E-state index contributed by atoms with van der Waals surface area (Å²) in [5.41, 5.74) is 6.61. The molecule has 0 spiro atoms. The van der Waals surface area contributed by atoms with Gasteiger partial charge in [0.15, 0.2) is 5.65 Å². The molecule has 3 aromatic rings. The van der Waals surface area contributed by atoms with Gasteiger partial charge in [-0.2, -0.15) is 9.61 Å². The van der Waals surface area contributed by atoms with Crippen molar-refractivity contribution in [3.8, 4) is 0 Å². The Morgan fingerprint density at radius 1 is 1.11 bits per heavy atom. The van der Waals surface area contributed by atoms with Gasteiger partial charge in [0.1, 0.15) is 11.6 Å². The van der Waals surface area contributed by atoms with Crippen molar-refractivity contribution in [2.24, 2.45) is 0 Å². The lowest BCUT2D eigenvalue weighted by molar-refractivity contribution is 0.226. The number of nitrogens with zero attached hydrogens (tertiary/aromatic N) is 6. The molecule has 2 aliphatic heterocycles. The van der Waals surface area contributed by atoms with Gasteiger partial charge in [-0.25, -0.2) is 4.98 Å². The van der Waals surface area contributed by atoms with E-state index in [1.807, 2.05) is 10.6 Å². The van der Waals surface area contributed by atoms with E-state index in [0.717, 1.165) is 97.5 Å². The molecule has 6 nitrogen and oxygen atoms in total. The standard InChI is InChI=1S/C31H41ClN6/c1-6-15-35(5)31-21-29(36-16-9-17-36)33-30-20-27(34-38(30)31)28-10-7-8-18-37(28)23(4)26-19-25(32)14-13-24(26)12-11-22(2)3/h13-14,19-21,28H,2,4,6-12,15-18H2,1,3,5H3. The molecule has 0 amide bonds. The minimum Gasteiger partial charge on any atom is -0.363 e. The normalized spacial score (nSPS) is 17.5. The second kappa shape index (κ2) is 11.4. The van der Waals surface area contributed by atoms with Gasteiger partial charge in [0.05, 0.1) is 11.7 Å². The van der Waals surface area contributed by atoms with E-state index in [2.05, 4.69) is 73.0 Å². The van der Waals surface area contributed by atoms with Gasteiger partial charge < -0.3 is 14.7 Å². The van der Waals surface area contributed by atoms with Gasteiger partial charge in [-0.3, -0.25) is 0 Å². The minimum absolute atomic E-state index is 0.155. The lowest BCUT2D eigenvalue weighted by atomic mass is 9.94. The van der Waals surface area contributed by atoms with E-state index in [9.17, 15) is 0 Å². The fourth-order valence-electron chi connectivity index (χ4n) is 5.66. The maximum atomic E-state index is 6.49. The molecule has 7 heteroatoms. The summed E-state index contributed by atoms with van der Waals surface area (Å²) in [5.74, 6) is 2.15. The van der Waals surface area contributed by atoms with Crippen LogP contribution < -0.4 is 9.80 Å². The Morgan fingerprint density at radius 3 is 2.63 bits per heavy atom. The van der Waals surface area contributed by atoms with Crippen molar-refractivity contribution >= 4 is 34.6 Å². The van der Waals surface area contributed by atoms with Crippen molar-refractivity contribution < 1.29 is 0 Å². The van der Waals surface area contributed by atoms with Crippen LogP contribution in [0.25, 0.3) is 11.3 Å². The topological polar surface area (TPSA) is 39.9 Å². The zero-order valence-corrected chi connectivity index (χ0v) is 24.0. The van der Waals surface area contributed by atoms with Crippen molar-refractivity contribution in [1.29, 1.82) is 0 Å². The molecule has 38 heavy (non-hydrogen) atoms. The fourth-order valence-corrected chi connectivity index (χ4v) is 5.83. The summed E-state index contributed by atoms with van der Waals surface area (Å²) < 4.78 is 2.04. The molecule has 0 N–H and O–H groups in total. The van der Waals surface area contributed by atoms with Gasteiger partial charge in [-0.15, -0.1) is 6.58 Å². The molecule has 2 fully saturated rings. The van der Waals surface area contributed by atoms with Crippen molar-refractivity contribution in [2.45, 2.75) is 64.8 Å². The molecule has 0 aliphatic carbocycles. The SMILES string of the molecule is C=C(C)CCc1ccc(Cl)cc1C(=C)N1CCCCC1c1cc2nc(N3CCC3)cc(N(C)CCC)n2n1. The molecule has 4 heterocycles. The number of benzene rings is 1. The predicted molar refractivity (Wildman–Crippen MR) is 160 cm³/mol. The molecule has 0 bridgehead atoms. The highest BCUT2D eigenvalue weighted by Crippen LogP contribution is 2.38. The molecule has 1 unspecified atom stereocenters. The van der Waals surface area contributed by atoms with Gasteiger partial charge in [0.2, 0.25) is 0 Å². The molecule has 2 saturated heterocycles. The van der Waals surface area contributed by atoms with Crippen LogP contribution in [0.5, 0.6) is 0 Å². The average Bonchev–Trinajstić information content (AvgIpc) is 3.30. The summed E-state index contributed by atoms with van der Waals surface area (Å²) in [6, 6.07) is 10.8. The molecule has 2 aliphatic rings. The van der Waals surface area contributed by atoms with E-state index < -0.39 is 0 Å². The molecule has 1 aromatic carbocycles. The van der Waals surface area contributed by atoms with E-state index in [0.29, 0.717) is 0 Å². The monoisotopic (exact) mass is 532 g/mol. The number of hydrogen-bond donors (Lipinski definition) is 0.